The van der Waals surface area contributed by atoms with Gasteiger partial charge in [0.15, 0.2) is 0 Å². The van der Waals surface area contributed by atoms with Crippen molar-refractivity contribution in [2.45, 2.75) is 0 Å². The van der Waals surface area contributed by atoms with Gasteiger partial charge < -0.3 is 0 Å². The van der Waals surface area contributed by atoms with E-state index in [4.69, 9.17) is 0 Å². The molecule has 19 heavy (non-hydrogen) atoms. The zero-order valence-corrected chi connectivity index (χ0v) is 11.3. The van der Waals surface area contributed by atoms with Gasteiger partial charge in [-0.25, -0.2) is 0 Å². The van der Waals surface area contributed by atoms with Gasteiger partial charge in [0.1, 0.15) is 5.69 Å². The van der Waals surface area contributed by atoms with Crippen LogP contribution in [0.1, 0.15) is 30.6 Å². The summed E-state index contributed by atoms with van der Waals surface area (Å²) in [6.07, 6.45) is 1.48. The lowest BCUT2D eigenvalue weighted by atomic mass is 10.1. The number of carbonyl (C=O) groups is 2. The molecule has 0 saturated carbocycles. The third kappa shape index (κ3) is 2.16. The molecule has 4 nitrogen and oxygen atoms in total. The molecule has 0 radical (unpaired) electrons. The minimum Gasteiger partial charge on any atom is -0.288 e. The van der Waals surface area contributed by atoms with Crippen LogP contribution < -0.4 is 0 Å². The highest BCUT2D eigenvalue weighted by Crippen LogP contribution is 2.20. The Hall–Kier alpha value is -2.05. The minimum absolute atomic E-state index is 0.177. The predicted molar refractivity (Wildman–Crippen MR) is 74.1 cm³/mol. The van der Waals surface area contributed by atoms with E-state index in [1.807, 2.05) is 10.8 Å². The molecule has 6 heteroatoms. The number of thiophene rings is 2. The molecule has 0 atom stereocenters. The molecular formula is C13H8N2O2S2. The van der Waals surface area contributed by atoms with Crippen LogP contribution in [0.25, 0.3) is 0 Å². The summed E-state index contributed by atoms with van der Waals surface area (Å²) in [7, 11) is 0. The number of ketones is 2. The number of carbonyl (C=O) groups excluding carboxylic acids is 2. The Morgan fingerprint density at radius 2 is 1.63 bits per heavy atom. The second-order valence-electron chi connectivity index (χ2n) is 3.76. The fourth-order valence-electron chi connectivity index (χ4n) is 1.70. The lowest BCUT2D eigenvalue weighted by Crippen LogP contribution is -2.08. The Bertz CT molecular complexity index is 651. The molecule has 0 bridgehead atoms. The fourth-order valence-corrected chi connectivity index (χ4v) is 3.04. The van der Waals surface area contributed by atoms with E-state index >= 15 is 0 Å². The highest BCUT2D eigenvalue weighted by atomic mass is 32.1. The van der Waals surface area contributed by atoms with Crippen LogP contribution in [0.5, 0.6) is 0 Å². The fraction of sp³-hybridized carbons (Fsp3) is 0. The Kier molecular flexibility index (Phi) is 3.10. The highest BCUT2D eigenvalue weighted by Gasteiger charge is 2.23. The summed E-state index contributed by atoms with van der Waals surface area (Å²) in [5.41, 5.74) is 0.502. The minimum atomic E-state index is -0.226. The summed E-state index contributed by atoms with van der Waals surface area (Å²) >= 11 is 2.68. The van der Waals surface area contributed by atoms with Gasteiger partial charge in [0.05, 0.1) is 15.3 Å². The van der Waals surface area contributed by atoms with Crippen molar-refractivity contribution >= 4 is 34.2 Å². The third-order valence-corrected chi connectivity index (χ3v) is 4.33. The first kappa shape index (κ1) is 12.0. The molecule has 0 unspecified atom stereocenters. The number of H-pyrrole nitrogens is 1. The largest absolute Gasteiger partial charge is 0.288 e. The normalized spacial score (nSPS) is 10.5. The average Bonchev–Trinajstić information content (AvgIpc) is 3.16. The average molecular weight is 288 g/mol. The number of hydrogen-bond donors (Lipinski definition) is 1. The standard InChI is InChI=1S/C13H8N2O2S2/c16-12(9-3-1-5-18-9)8-7-14-15-11(8)13(17)10-4-2-6-19-10/h1-7H,(H,14,15). The van der Waals surface area contributed by atoms with E-state index in [-0.39, 0.29) is 17.3 Å². The summed E-state index contributed by atoms with van der Waals surface area (Å²) < 4.78 is 0. The molecule has 0 aliphatic carbocycles. The molecular weight excluding hydrogens is 280 g/mol. The van der Waals surface area contributed by atoms with Crippen LogP contribution in [-0.4, -0.2) is 21.8 Å². The van der Waals surface area contributed by atoms with Gasteiger partial charge in [-0.3, -0.25) is 14.7 Å². The van der Waals surface area contributed by atoms with Crippen molar-refractivity contribution in [2.75, 3.05) is 0 Å². The van der Waals surface area contributed by atoms with Crippen molar-refractivity contribution in [3.8, 4) is 0 Å². The van der Waals surface area contributed by atoms with Gasteiger partial charge in [-0.15, -0.1) is 22.7 Å². The Morgan fingerprint density at radius 1 is 1.00 bits per heavy atom. The van der Waals surface area contributed by atoms with Crippen LogP contribution in [-0.2, 0) is 0 Å². The maximum Gasteiger partial charge on any atom is 0.223 e. The molecule has 0 aromatic carbocycles. The van der Waals surface area contributed by atoms with Crippen molar-refractivity contribution in [1.29, 1.82) is 0 Å². The Balaban J connectivity index is 1.99. The van der Waals surface area contributed by atoms with E-state index in [9.17, 15) is 9.59 Å². The quantitative estimate of drug-likeness (QED) is 0.751. The van der Waals surface area contributed by atoms with Crippen molar-refractivity contribution < 1.29 is 9.59 Å². The molecule has 3 heterocycles. The smallest absolute Gasteiger partial charge is 0.223 e. The van der Waals surface area contributed by atoms with Crippen LogP contribution >= 0.6 is 22.7 Å². The molecule has 0 amide bonds. The van der Waals surface area contributed by atoms with Crippen LogP contribution in [0.15, 0.2) is 41.2 Å². The molecule has 0 aliphatic heterocycles. The van der Waals surface area contributed by atoms with Crippen LogP contribution in [0.4, 0.5) is 0 Å². The molecule has 3 aromatic rings. The maximum absolute atomic E-state index is 12.3. The third-order valence-electron chi connectivity index (χ3n) is 2.59. The van der Waals surface area contributed by atoms with Crippen molar-refractivity contribution in [3.05, 3.63) is 62.2 Å². The van der Waals surface area contributed by atoms with Gasteiger partial charge >= 0.3 is 0 Å². The maximum atomic E-state index is 12.3. The number of aromatic nitrogens is 2. The SMILES string of the molecule is O=C(c1cccs1)c1c[nH]nc1C(=O)c1cccs1. The molecule has 0 saturated heterocycles. The number of rotatable bonds is 4. The van der Waals surface area contributed by atoms with Gasteiger partial charge in [-0.05, 0) is 22.9 Å². The van der Waals surface area contributed by atoms with Gasteiger partial charge in [-0.2, -0.15) is 5.10 Å². The number of hydrogen-bond acceptors (Lipinski definition) is 5. The van der Waals surface area contributed by atoms with E-state index in [0.717, 1.165) is 0 Å². The summed E-state index contributed by atoms with van der Waals surface area (Å²) in [5, 5.41) is 10.2. The van der Waals surface area contributed by atoms with Gasteiger partial charge in [0.2, 0.25) is 11.6 Å². The van der Waals surface area contributed by atoms with Crippen LogP contribution in [0, 0.1) is 0 Å². The summed E-state index contributed by atoms with van der Waals surface area (Å²) in [4.78, 5) is 25.7. The molecule has 3 aromatic heterocycles. The summed E-state index contributed by atoms with van der Waals surface area (Å²) in [6, 6.07) is 7.06. The molecule has 0 fully saturated rings. The van der Waals surface area contributed by atoms with E-state index in [1.165, 1.54) is 28.9 Å². The van der Waals surface area contributed by atoms with Crippen LogP contribution in [0.2, 0.25) is 0 Å². The van der Waals surface area contributed by atoms with Gasteiger partial charge in [0.25, 0.3) is 0 Å². The number of nitrogens with one attached hydrogen (secondary N) is 1. The zero-order chi connectivity index (χ0) is 13.2. The topological polar surface area (TPSA) is 62.8 Å². The highest BCUT2D eigenvalue weighted by molar-refractivity contribution is 7.12. The lowest BCUT2D eigenvalue weighted by molar-refractivity contribution is 0.100. The second-order valence-corrected chi connectivity index (χ2v) is 5.66. The van der Waals surface area contributed by atoms with Crippen LogP contribution in [0.3, 0.4) is 0 Å². The first-order chi connectivity index (χ1) is 9.27. The molecule has 0 spiro atoms. The molecule has 0 aliphatic rings. The monoisotopic (exact) mass is 288 g/mol. The van der Waals surface area contributed by atoms with Crippen molar-refractivity contribution in [2.24, 2.45) is 0 Å². The van der Waals surface area contributed by atoms with Gasteiger partial charge in [-0.1, -0.05) is 12.1 Å². The number of nitrogens with zero attached hydrogens (tertiary/aromatic N) is 1. The van der Waals surface area contributed by atoms with E-state index < -0.39 is 0 Å². The zero-order valence-electron chi connectivity index (χ0n) is 9.62. The first-order valence-electron chi connectivity index (χ1n) is 5.47. The summed E-state index contributed by atoms with van der Waals surface area (Å²) in [6.45, 7) is 0. The van der Waals surface area contributed by atoms with E-state index in [1.54, 1.807) is 24.3 Å². The van der Waals surface area contributed by atoms with E-state index in [2.05, 4.69) is 10.2 Å². The lowest BCUT2D eigenvalue weighted by Gasteiger charge is -1.98. The van der Waals surface area contributed by atoms with Crippen molar-refractivity contribution in [3.63, 3.8) is 0 Å². The number of aromatic amines is 1. The first-order valence-corrected chi connectivity index (χ1v) is 7.23. The Morgan fingerprint density at radius 3 is 2.21 bits per heavy atom. The second kappa shape index (κ2) is 4.91. The molecule has 1 N–H and O–H groups in total. The van der Waals surface area contributed by atoms with E-state index in [0.29, 0.717) is 15.3 Å². The van der Waals surface area contributed by atoms with Crippen molar-refractivity contribution in [1.82, 2.24) is 10.2 Å². The van der Waals surface area contributed by atoms with Gasteiger partial charge in [0, 0.05) is 6.20 Å². The molecule has 94 valence electrons. The Labute approximate surface area is 116 Å². The molecule has 3 rings (SSSR count). The predicted octanol–water partition coefficient (Wildman–Crippen LogP) is 2.99. The summed E-state index contributed by atoms with van der Waals surface area (Å²) in [5.74, 6) is -0.403.